The van der Waals surface area contributed by atoms with Crippen molar-refractivity contribution in [2.24, 2.45) is 5.41 Å². The van der Waals surface area contributed by atoms with Gasteiger partial charge in [0.25, 0.3) is 0 Å². The number of alkyl halides is 3. The third-order valence-corrected chi connectivity index (χ3v) is 10.2. The van der Waals surface area contributed by atoms with Crippen LogP contribution in [0, 0.1) is 5.41 Å². The molecule has 0 aliphatic rings. The van der Waals surface area contributed by atoms with E-state index in [4.69, 9.17) is 4.43 Å². The Bertz CT molecular complexity index is 704. The van der Waals surface area contributed by atoms with Gasteiger partial charge in [0.2, 0.25) is 0 Å². The Morgan fingerprint density at radius 3 is 1.93 bits per heavy atom. The van der Waals surface area contributed by atoms with Gasteiger partial charge in [-0.3, -0.25) is 0 Å². The van der Waals surface area contributed by atoms with E-state index in [1.807, 2.05) is 20.8 Å². The molecule has 1 aromatic carbocycles. The largest absolute Gasteiger partial charge is 0.465 e. The summed E-state index contributed by atoms with van der Waals surface area (Å²) in [5, 5.41) is 11.9. The first kappa shape index (κ1) is 26.5. The molecule has 0 unspecified atom stereocenters. The standard InChI is InChI=1S/C22H36F3NO3Si/c1-20(2,3)13-17(15-9-11-16(12-10-15)22(23,24)25)18(26-19(27)28)14-29-30(7,8)21(4,5)6/h9-12,17-18,26H,13-14H2,1-8H3,(H,27,28)/t17-,18-/m1/s1. The fourth-order valence-electron chi connectivity index (χ4n) is 3.00. The molecule has 0 radical (unpaired) electrons. The quantitative estimate of drug-likeness (QED) is 0.448. The van der Waals surface area contributed by atoms with Crippen molar-refractivity contribution in [3.63, 3.8) is 0 Å². The lowest BCUT2D eigenvalue weighted by Crippen LogP contribution is -2.48. The zero-order valence-electron chi connectivity index (χ0n) is 19.3. The Labute approximate surface area is 179 Å². The fourth-order valence-corrected chi connectivity index (χ4v) is 4.03. The van der Waals surface area contributed by atoms with E-state index in [-0.39, 0.29) is 23.0 Å². The van der Waals surface area contributed by atoms with Crippen molar-refractivity contribution in [3.05, 3.63) is 35.4 Å². The average Bonchev–Trinajstić information content (AvgIpc) is 2.54. The molecule has 0 aromatic heterocycles. The summed E-state index contributed by atoms with van der Waals surface area (Å²) < 4.78 is 45.2. The monoisotopic (exact) mass is 447 g/mol. The Hall–Kier alpha value is -1.54. The summed E-state index contributed by atoms with van der Waals surface area (Å²) in [4.78, 5) is 11.5. The zero-order chi connectivity index (χ0) is 23.5. The second-order valence-electron chi connectivity index (χ2n) is 10.6. The molecule has 0 bridgehead atoms. The highest BCUT2D eigenvalue weighted by Gasteiger charge is 2.39. The first-order valence-corrected chi connectivity index (χ1v) is 13.0. The van der Waals surface area contributed by atoms with E-state index >= 15 is 0 Å². The fraction of sp³-hybridized carbons (Fsp3) is 0.682. The van der Waals surface area contributed by atoms with E-state index in [9.17, 15) is 23.1 Å². The topological polar surface area (TPSA) is 58.6 Å². The molecule has 2 N–H and O–H groups in total. The number of hydrogen-bond donors (Lipinski definition) is 2. The highest BCUT2D eigenvalue weighted by Crippen LogP contribution is 2.39. The molecule has 0 spiro atoms. The maximum atomic E-state index is 13.0. The van der Waals surface area contributed by atoms with Crippen LogP contribution in [0.25, 0.3) is 0 Å². The summed E-state index contributed by atoms with van der Waals surface area (Å²) in [7, 11) is -2.14. The molecule has 0 saturated carbocycles. The van der Waals surface area contributed by atoms with Gasteiger partial charge in [-0.05, 0) is 47.7 Å². The molecular formula is C22H36F3NO3Si. The molecule has 172 valence electrons. The van der Waals surface area contributed by atoms with Crippen molar-refractivity contribution < 1.29 is 27.5 Å². The predicted octanol–water partition coefficient (Wildman–Crippen LogP) is 6.88. The Morgan fingerprint density at radius 2 is 1.57 bits per heavy atom. The summed E-state index contributed by atoms with van der Waals surface area (Å²) in [6, 6.07) is 4.42. The maximum absolute atomic E-state index is 13.0. The summed E-state index contributed by atoms with van der Waals surface area (Å²) in [5.41, 5.74) is -0.223. The van der Waals surface area contributed by atoms with E-state index in [0.29, 0.717) is 12.0 Å². The SMILES string of the molecule is CC(C)(C)C[C@H](c1ccc(C(F)(F)F)cc1)[C@@H](CO[Si](C)(C)C(C)(C)C)NC(=O)O. The van der Waals surface area contributed by atoms with Gasteiger partial charge in [0, 0.05) is 5.92 Å². The number of nitrogens with one attached hydrogen (secondary N) is 1. The molecule has 0 aliphatic heterocycles. The van der Waals surface area contributed by atoms with Crippen LogP contribution in [0.15, 0.2) is 24.3 Å². The van der Waals surface area contributed by atoms with Crippen LogP contribution in [-0.2, 0) is 10.6 Å². The van der Waals surface area contributed by atoms with Crippen LogP contribution in [0.4, 0.5) is 18.0 Å². The van der Waals surface area contributed by atoms with Crippen LogP contribution < -0.4 is 5.32 Å². The zero-order valence-corrected chi connectivity index (χ0v) is 20.3. The van der Waals surface area contributed by atoms with Crippen LogP contribution >= 0.6 is 0 Å². The summed E-state index contributed by atoms with van der Waals surface area (Å²) in [6.07, 6.45) is -5.00. The van der Waals surface area contributed by atoms with Crippen LogP contribution in [0.5, 0.6) is 0 Å². The lowest BCUT2D eigenvalue weighted by molar-refractivity contribution is -0.137. The molecule has 4 nitrogen and oxygen atoms in total. The molecule has 1 aromatic rings. The van der Waals surface area contributed by atoms with Crippen molar-refractivity contribution in [1.29, 1.82) is 0 Å². The van der Waals surface area contributed by atoms with Gasteiger partial charge in [-0.2, -0.15) is 13.2 Å². The lowest BCUT2D eigenvalue weighted by atomic mass is 9.78. The molecule has 0 saturated heterocycles. The minimum Gasteiger partial charge on any atom is -0.465 e. The highest BCUT2D eigenvalue weighted by molar-refractivity contribution is 6.74. The Kier molecular flexibility index (Phi) is 8.21. The van der Waals surface area contributed by atoms with Gasteiger partial charge in [-0.1, -0.05) is 53.7 Å². The third-order valence-electron chi connectivity index (χ3n) is 5.72. The van der Waals surface area contributed by atoms with Gasteiger partial charge in [0.1, 0.15) is 0 Å². The number of halogens is 3. The minimum atomic E-state index is -4.41. The Morgan fingerprint density at radius 1 is 1.07 bits per heavy atom. The Balaban J connectivity index is 3.29. The molecule has 0 heterocycles. The van der Waals surface area contributed by atoms with Gasteiger partial charge in [0.05, 0.1) is 18.2 Å². The first-order chi connectivity index (χ1) is 13.3. The molecule has 0 aliphatic carbocycles. The van der Waals surface area contributed by atoms with Gasteiger partial charge >= 0.3 is 12.3 Å². The molecule has 2 atom stereocenters. The van der Waals surface area contributed by atoms with Crippen LogP contribution in [-0.4, -0.2) is 32.2 Å². The number of hydrogen-bond acceptors (Lipinski definition) is 2. The summed E-state index contributed by atoms with van der Waals surface area (Å²) in [5.74, 6) is -0.326. The van der Waals surface area contributed by atoms with Crippen LogP contribution in [0.2, 0.25) is 18.1 Å². The van der Waals surface area contributed by atoms with Crippen molar-refractivity contribution in [2.75, 3.05) is 6.61 Å². The maximum Gasteiger partial charge on any atom is 0.416 e. The number of benzene rings is 1. The van der Waals surface area contributed by atoms with Crippen molar-refractivity contribution in [2.45, 2.75) is 84.2 Å². The number of rotatable bonds is 7. The number of carbonyl (C=O) groups is 1. The second kappa shape index (κ2) is 9.30. The van der Waals surface area contributed by atoms with Gasteiger partial charge in [0.15, 0.2) is 8.32 Å². The third kappa shape index (κ3) is 7.94. The lowest BCUT2D eigenvalue weighted by Gasteiger charge is -2.39. The van der Waals surface area contributed by atoms with Crippen LogP contribution in [0.1, 0.15) is 65.0 Å². The molecule has 1 amide bonds. The highest BCUT2D eigenvalue weighted by atomic mass is 28.4. The normalized spacial score (nSPS) is 15.6. The van der Waals surface area contributed by atoms with E-state index in [0.717, 1.165) is 12.1 Å². The van der Waals surface area contributed by atoms with E-state index in [1.165, 1.54) is 12.1 Å². The smallest absolute Gasteiger partial charge is 0.416 e. The van der Waals surface area contributed by atoms with E-state index in [2.05, 4.69) is 39.2 Å². The summed E-state index contributed by atoms with van der Waals surface area (Å²) >= 11 is 0. The minimum absolute atomic E-state index is 0.0470. The van der Waals surface area contributed by atoms with E-state index in [1.54, 1.807) is 0 Å². The van der Waals surface area contributed by atoms with Crippen molar-refractivity contribution in [3.8, 4) is 0 Å². The number of amides is 1. The van der Waals surface area contributed by atoms with Crippen molar-refractivity contribution in [1.82, 2.24) is 5.32 Å². The van der Waals surface area contributed by atoms with Gasteiger partial charge in [-0.25, -0.2) is 4.79 Å². The van der Waals surface area contributed by atoms with Gasteiger partial charge in [-0.15, -0.1) is 0 Å². The first-order valence-electron chi connectivity index (χ1n) is 10.1. The van der Waals surface area contributed by atoms with Crippen LogP contribution in [0.3, 0.4) is 0 Å². The molecule has 30 heavy (non-hydrogen) atoms. The molecule has 0 fully saturated rings. The second-order valence-corrected chi connectivity index (χ2v) is 15.4. The van der Waals surface area contributed by atoms with E-state index < -0.39 is 32.2 Å². The molecule has 8 heteroatoms. The molecular weight excluding hydrogens is 411 g/mol. The average molecular weight is 448 g/mol. The van der Waals surface area contributed by atoms with Gasteiger partial charge < -0.3 is 14.8 Å². The predicted molar refractivity (Wildman–Crippen MR) is 116 cm³/mol. The summed E-state index contributed by atoms with van der Waals surface area (Å²) in [6.45, 7) is 16.7. The molecule has 1 rings (SSSR count). The van der Waals surface area contributed by atoms with Crippen molar-refractivity contribution >= 4 is 14.4 Å². The number of carboxylic acid groups (broad SMARTS) is 1.